The third-order valence-corrected chi connectivity index (χ3v) is 3.81. The van der Waals surface area contributed by atoms with Gasteiger partial charge in [0.1, 0.15) is 6.54 Å². The van der Waals surface area contributed by atoms with Crippen LogP contribution < -0.4 is 11.0 Å². The predicted octanol–water partition coefficient (Wildman–Crippen LogP) is 1.78. The van der Waals surface area contributed by atoms with Gasteiger partial charge in [-0.05, 0) is 30.7 Å². The number of rotatable bonds is 3. The molecule has 20 heavy (non-hydrogen) atoms. The minimum Gasteiger partial charge on any atom is -0.306 e. The third kappa shape index (κ3) is 3.56. The largest absolute Gasteiger partial charge is 0.306 e. The normalized spacial score (nSPS) is 22.4. The Morgan fingerprint density at radius 1 is 1.35 bits per heavy atom. The fourth-order valence-electron chi connectivity index (χ4n) is 2.64. The van der Waals surface area contributed by atoms with Crippen LogP contribution in [0.3, 0.4) is 0 Å². The van der Waals surface area contributed by atoms with E-state index in [4.69, 9.17) is 0 Å². The third-order valence-electron chi connectivity index (χ3n) is 3.81. The molecule has 1 heterocycles. The molecule has 1 N–H and O–H groups in total. The summed E-state index contributed by atoms with van der Waals surface area (Å²) >= 11 is 0. The summed E-state index contributed by atoms with van der Waals surface area (Å²) < 4.78 is 1.36. The van der Waals surface area contributed by atoms with Crippen molar-refractivity contribution in [1.82, 2.24) is 9.99 Å². The number of hydrogen-bond acceptors (Lipinski definition) is 3. The first-order valence-corrected chi connectivity index (χ1v) is 7.09. The quantitative estimate of drug-likeness (QED) is 0.855. The molecule has 0 unspecified atom stereocenters. The predicted molar refractivity (Wildman–Crippen MR) is 78.5 cm³/mol. The Kier molecular flexibility index (Phi) is 4.71. The molecule has 2 atom stereocenters. The monoisotopic (exact) mass is 275 g/mol. The van der Waals surface area contributed by atoms with Crippen LogP contribution in [-0.4, -0.2) is 16.2 Å². The second kappa shape index (κ2) is 6.50. The van der Waals surface area contributed by atoms with E-state index in [9.17, 15) is 9.59 Å². The molecule has 1 aromatic rings. The summed E-state index contributed by atoms with van der Waals surface area (Å²) in [5.41, 5.74) is 3.45. The van der Waals surface area contributed by atoms with E-state index in [2.05, 4.69) is 24.4 Å². The van der Waals surface area contributed by atoms with Gasteiger partial charge in [-0.25, -0.2) is 5.43 Å². The molecule has 0 saturated heterocycles. The highest BCUT2D eigenvalue weighted by Crippen LogP contribution is 2.25. The maximum Gasteiger partial charge on any atom is 0.260 e. The molecule has 108 valence electrons. The number of amides is 1. The van der Waals surface area contributed by atoms with Gasteiger partial charge in [-0.3, -0.25) is 9.59 Å². The van der Waals surface area contributed by atoms with Gasteiger partial charge in [0.2, 0.25) is 0 Å². The van der Waals surface area contributed by atoms with Crippen LogP contribution in [0.25, 0.3) is 0 Å². The summed E-state index contributed by atoms with van der Waals surface area (Å²) in [6.45, 7) is 4.28. The molecule has 0 spiro atoms. The molecule has 0 radical (unpaired) electrons. The van der Waals surface area contributed by atoms with E-state index in [0.717, 1.165) is 18.6 Å². The van der Waals surface area contributed by atoms with Gasteiger partial charge < -0.3 is 4.57 Å². The molecule has 1 aliphatic rings. The summed E-state index contributed by atoms with van der Waals surface area (Å²) in [6, 6.07) is 4.82. The lowest BCUT2D eigenvalue weighted by atomic mass is 9.81. The van der Waals surface area contributed by atoms with Crippen LogP contribution >= 0.6 is 0 Å². The Morgan fingerprint density at radius 2 is 2.05 bits per heavy atom. The fraction of sp³-hybridized carbons (Fsp3) is 0.533. The Labute approximate surface area is 118 Å². The van der Waals surface area contributed by atoms with Gasteiger partial charge >= 0.3 is 0 Å². The average Bonchev–Trinajstić information content (AvgIpc) is 2.41. The summed E-state index contributed by atoms with van der Waals surface area (Å²) in [7, 11) is 0. The van der Waals surface area contributed by atoms with Gasteiger partial charge in [0, 0.05) is 18.0 Å². The van der Waals surface area contributed by atoms with Crippen LogP contribution in [0, 0.1) is 11.8 Å². The number of hydrogen-bond donors (Lipinski definition) is 1. The number of aromatic nitrogens is 1. The van der Waals surface area contributed by atoms with E-state index in [0.29, 0.717) is 11.8 Å². The van der Waals surface area contributed by atoms with Crippen LogP contribution in [0.5, 0.6) is 0 Å². The molecule has 2 rings (SSSR count). The zero-order valence-electron chi connectivity index (χ0n) is 12.0. The van der Waals surface area contributed by atoms with Crippen molar-refractivity contribution in [3.63, 3.8) is 0 Å². The van der Waals surface area contributed by atoms with Crippen molar-refractivity contribution >= 4 is 11.6 Å². The van der Waals surface area contributed by atoms with Crippen LogP contribution in [0.15, 0.2) is 34.3 Å². The van der Waals surface area contributed by atoms with Gasteiger partial charge in [-0.15, -0.1) is 0 Å². The molecular formula is C15H21N3O2. The molecule has 5 nitrogen and oxygen atoms in total. The van der Waals surface area contributed by atoms with Crippen LogP contribution in [-0.2, 0) is 11.3 Å². The molecule has 1 amide bonds. The topological polar surface area (TPSA) is 63.5 Å². The second-order valence-electron chi connectivity index (χ2n) is 5.47. The zero-order valence-corrected chi connectivity index (χ0v) is 12.0. The number of carbonyl (C=O) groups is 1. The Morgan fingerprint density at radius 3 is 2.70 bits per heavy atom. The van der Waals surface area contributed by atoms with Crippen LogP contribution in [0.4, 0.5) is 0 Å². The van der Waals surface area contributed by atoms with Crippen molar-refractivity contribution < 1.29 is 4.79 Å². The highest BCUT2D eigenvalue weighted by atomic mass is 16.2. The SMILES string of the molecule is C[C@@H]1CCC[C@@H](C)C1=NNC(=O)Cn1ccccc1=O. The van der Waals surface area contributed by atoms with Crippen LogP contribution in [0.1, 0.15) is 33.1 Å². The second-order valence-corrected chi connectivity index (χ2v) is 5.47. The molecule has 5 heteroatoms. The number of hydrazone groups is 1. The van der Waals surface area contributed by atoms with Gasteiger partial charge in [0.15, 0.2) is 0 Å². The lowest BCUT2D eigenvalue weighted by molar-refractivity contribution is -0.121. The maximum atomic E-state index is 11.8. The zero-order chi connectivity index (χ0) is 14.5. The molecule has 1 fully saturated rings. The minimum absolute atomic E-state index is 0.000779. The van der Waals surface area contributed by atoms with E-state index >= 15 is 0 Å². The summed E-state index contributed by atoms with van der Waals surface area (Å²) in [6.07, 6.45) is 5.06. The smallest absolute Gasteiger partial charge is 0.260 e. The number of nitrogens with one attached hydrogen (secondary N) is 1. The molecule has 0 bridgehead atoms. The Balaban J connectivity index is 1.98. The van der Waals surface area contributed by atoms with E-state index < -0.39 is 0 Å². The minimum atomic E-state index is -0.268. The van der Waals surface area contributed by atoms with Crippen LogP contribution in [0.2, 0.25) is 0 Å². The summed E-state index contributed by atoms with van der Waals surface area (Å²) in [5.74, 6) is 0.563. The summed E-state index contributed by atoms with van der Waals surface area (Å²) in [5, 5.41) is 4.27. The van der Waals surface area contributed by atoms with E-state index in [1.165, 1.54) is 17.1 Å². The lowest BCUT2D eigenvalue weighted by Gasteiger charge is -2.26. The van der Waals surface area contributed by atoms with Crippen molar-refractivity contribution in [2.75, 3.05) is 0 Å². The standard InChI is InChI=1S/C15H21N3O2/c1-11-6-5-7-12(2)15(11)17-16-13(19)10-18-9-4-3-8-14(18)20/h3-4,8-9,11-12H,5-7,10H2,1-2H3,(H,16,19)/t11-,12-/m1/s1. The number of nitrogens with zero attached hydrogens (tertiary/aromatic N) is 2. The van der Waals surface area contributed by atoms with Crippen molar-refractivity contribution in [2.45, 2.75) is 39.7 Å². The Bertz CT molecular complexity index is 550. The first kappa shape index (κ1) is 14.5. The lowest BCUT2D eigenvalue weighted by Crippen LogP contribution is -2.32. The molecule has 0 aromatic carbocycles. The molecule has 1 aliphatic carbocycles. The average molecular weight is 275 g/mol. The van der Waals surface area contributed by atoms with E-state index in [-0.39, 0.29) is 18.0 Å². The van der Waals surface area contributed by atoms with Gasteiger partial charge in [0.25, 0.3) is 11.5 Å². The number of carbonyl (C=O) groups excluding carboxylic acids is 1. The highest BCUT2D eigenvalue weighted by Gasteiger charge is 2.23. The first-order valence-electron chi connectivity index (χ1n) is 7.09. The first-order chi connectivity index (χ1) is 9.58. The molecular weight excluding hydrogens is 254 g/mol. The molecule has 0 aliphatic heterocycles. The summed E-state index contributed by atoms with van der Waals surface area (Å²) in [4.78, 5) is 23.4. The van der Waals surface area contributed by atoms with Gasteiger partial charge in [-0.1, -0.05) is 26.3 Å². The van der Waals surface area contributed by atoms with Crippen molar-refractivity contribution in [3.05, 3.63) is 34.7 Å². The van der Waals surface area contributed by atoms with Crippen molar-refractivity contribution in [1.29, 1.82) is 0 Å². The van der Waals surface area contributed by atoms with Crippen molar-refractivity contribution in [3.8, 4) is 0 Å². The molecule has 1 saturated carbocycles. The van der Waals surface area contributed by atoms with Crippen molar-refractivity contribution in [2.24, 2.45) is 16.9 Å². The number of pyridine rings is 1. The fourth-order valence-corrected chi connectivity index (χ4v) is 2.64. The van der Waals surface area contributed by atoms with Gasteiger partial charge in [0.05, 0.1) is 0 Å². The van der Waals surface area contributed by atoms with E-state index in [1.54, 1.807) is 18.3 Å². The highest BCUT2D eigenvalue weighted by molar-refractivity contribution is 5.90. The van der Waals surface area contributed by atoms with Gasteiger partial charge in [-0.2, -0.15) is 5.10 Å². The maximum absolute atomic E-state index is 11.8. The van der Waals surface area contributed by atoms with E-state index in [1.807, 2.05) is 0 Å². The Hall–Kier alpha value is -1.91. The molecule has 1 aromatic heterocycles.